The standard InChI is InChI=1S/C25H17F2N3O6/c1-13(31)28-16-4-6-17(7-5-16)30-23(33)18-8-2-14(10-19(18)24(30)34)25(35)36-12-22(32)29-21-9-3-15(26)11-20(21)27/h2-11H,12H2,1H3,(H,28,31)(H,29,32). The lowest BCUT2D eigenvalue weighted by Gasteiger charge is -2.14. The number of nitrogens with zero attached hydrogens (tertiary/aromatic N) is 1. The minimum atomic E-state index is -0.995. The Morgan fingerprint density at radius 1 is 0.861 bits per heavy atom. The van der Waals surface area contributed by atoms with E-state index in [1.807, 2.05) is 0 Å². The highest BCUT2D eigenvalue weighted by Gasteiger charge is 2.37. The van der Waals surface area contributed by atoms with E-state index in [2.05, 4.69) is 10.6 Å². The molecule has 36 heavy (non-hydrogen) atoms. The second kappa shape index (κ2) is 9.74. The lowest BCUT2D eigenvalue weighted by molar-refractivity contribution is -0.119. The molecule has 1 heterocycles. The maximum Gasteiger partial charge on any atom is 0.338 e. The van der Waals surface area contributed by atoms with Crippen LogP contribution in [0.25, 0.3) is 0 Å². The topological polar surface area (TPSA) is 122 Å². The summed E-state index contributed by atoms with van der Waals surface area (Å²) in [4.78, 5) is 62.2. The summed E-state index contributed by atoms with van der Waals surface area (Å²) in [5, 5.41) is 4.73. The molecule has 4 rings (SSSR count). The first-order chi connectivity index (χ1) is 17.1. The lowest BCUT2D eigenvalue weighted by atomic mass is 10.1. The number of hydrogen-bond donors (Lipinski definition) is 2. The van der Waals surface area contributed by atoms with Gasteiger partial charge < -0.3 is 15.4 Å². The van der Waals surface area contributed by atoms with Gasteiger partial charge in [0.25, 0.3) is 17.7 Å². The van der Waals surface area contributed by atoms with E-state index >= 15 is 0 Å². The van der Waals surface area contributed by atoms with Gasteiger partial charge in [-0.2, -0.15) is 0 Å². The van der Waals surface area contributed by atoms with E-state index in [0.717, 1.165) is 17.0 Å². The zero-order valence-electron chi connectivity index (χ0n) is 18.6. The average Bonchev–Trinajstić information content (AvgIpc) is 3.09. The van der Waals surface area contributed by atoms with Crippen LogP contribution >= 0.6 is 0 Å². The molecule has 9 nitrogen and oxygen atoms in total. The van der Waals surface area contributed by atoms with Crippen LogP contribution in [0.4, 0.5) is 25.8 Å². The highest BCUT2D eigenvalue weighted by atomic mass is 19.1. The number of nitrogens with one attached hydrogen (secondary N) is 2. The Morgan fingerprint density at radius 2 is 1.56 bits per heavy atom. The molecule has 0 radical (unpaired) electrons. The summed E-state index contributed by atoms with van der Waals surface area (Å²) in [5.74, 6) is -5.17. The molecule has 3 aromatic carbocycles. The van der Waals surface area contributed by atoms with Crippen molar-refractivity contribution in [3.63, 3.8) is 0 Å². The zero-order chi connectivity index (χ0) is 26.0. The summed E-state index contributed by atoms with van der Waals surface area (Å²) < 4.78 is 31.5. The van der Waals surface area contributed by atoms with E-state index in [1.54, 1.807) is 0 Å². The first-order valence-corrected chi connectivity index (χ1v) is 10.5. The number of esters is 1. The first kappa shape index (κ1) is 24.2. The highest BCUT2D eigenvalue weighted by molar-refractivity contribution is 6.34. The third-order valence-electron chi connectivity index (χ3n) is 5.11. The van der Waals surface area contributed by atoms with Crippen LogP contribution in [-0.4, -0.2) is 36.2 Å². The van der Waals surface area contributed by atoms with Gasteiger partial charge >= 0.3 is 5.97 Å². The smallest absolute Gasteiger partial charge is 0.338 e. The monoisotopic (exact) mass is 493 g/mol. The Hall–Kier alpha value is -4.93. The van der Waals surface area contributed by atoms with Crippen LogP contribution in [0.1, 0.15) is 38.0 Å². The summed E-state index contributed by atoms with van der Waals surface area (Å²) in [6, 6.07) is 12.4. The summed E-state index contributed by atoms with van der Waals surface area (Å²) in [6.07, 6.45) is 0. The molecule has 0 spiro atoms. The van der Waals surface area contributed by atoms with Gasteiger partial charge in [-0.25, -0.2) is 18.5 Å². The summed E-state index contributed by atoms with van der Waals surface area (Å²) in [5.41, 5.74) is 0.427. The quantitative estimate of drug-likeness (QED) is 0.400. The van der Waals surface area contributed by atoms with Crippen molar-refractivity contribution in [2.24, 2.45) is 0 Å². The first-order valence-electron chi connectivity index (χ1n) is 10.5. The maximum atomic E-state index is 13.7. The van der Waals surface area contributed by atoms with E-state index in [4.69, 9.17) is 4.74 Å². The number of rotatable bonds is 6. The van der Waals surface area contributed by atoms with Crippen molar-refractivity contribution in [2.75, 3.05) is 22.1 Å². The normalized spacial score (nSPS) is 12.2. The summed E-state index contributed by atoms with van der Waals surface area (Å²) in [7, 11) is 0. The van der Waals surface area contributed by atoms with Crippen molar-refractivity contribution in [1.29, 1.82) is 0 Å². The van der Waals surface area contributed by atoms with Crippen molar-refractivity contribution in [3.05, 3.63) is 89.0 Å². The molecule has 0 atom stereocenters. The van der Waals surface area contributed by atoms with Crippen LogP contribution in [0, 0.1) is 11.6 Å². The van der Waals surface area contributed by atoms with E-state index in [1.165, 1.54) is 49.4 Å². The number of halogens is 2. The van der Waals surface area contributed by atoms with Crippen molar-refractivity contribution < 1.29 is 37.5 Å². The number of benzene rings is 3. The maximum absolute atomic E-state index is 13.7. The number of ether oxygens (including phenoxy) is 1. The third kappa shape index (κ3) is 4.94. The minimum absolute atomic E-state index is 0.0294. The average molecular weight is 493 g/mol. The molecule has 2 N–H and O–H groups in total. The molecule has 0 aromatic heterocycles. The molecule has 3 aromatic rings. The van der Waals surface area contributed by atoms with E-state index in [-0.39, 0.29) is 34.0 Å². The zero-order valence-corrected chi connectivity index (χ0v) is 18.6. The molecule has 1 aliphatic rings. The predicted octanol–water partition coefficient (Wildman–Crippen LogP) is 3.52. The van der Waals surface area contributed by atoms with Crippen LogP contribution in [0.15, 0.2) is 60.7 Å². The van der Waals surface area contributed by atoms with Crippen molar-refractivity contribution >= 4 is 46.7 Å². The number of hydrogen-bond acceptors (Lipinski definition) is 6. The Labute approximate surface area is 202 Å². The van der Waals surface area contributed by atoms with Gasteiger partial charge in [-0.05, 0) is 54.6 Å². The molecule has 182 valence electrons. The lowest BCUT2D eigenvalue weighted by Crippen LogP contribution is -2.29. The van der Waals surface area contributed by atoms with Crippen molar-refractivity contribution in [1.82, 2.24) is 0 Å². The SMILES string of the molecule is CC(=O)Nc1ccc(N2C(=O)c3ccc(C(=O)OCC(=O)Nc4ccc(F)cc4F)cc3C2=O)cc1. The predicted molar refractivity (Wildman–Crippen MR) is 124 cm³/mol. The molecule has 0 unspecified atom stereocenters. The Bertz CT molecular complexity index is 1420. The van der Waals surface area contributed by atoms with Gasteiger partial charge in [0.05, 0.1) is 28.1 Å². The van der Waals surface area contributed by atoms with Gasteiger partial charge in [-0.15, -0.1) is 0 Å². The molecule has 0 saturated carbocycles. The van der Waals surface area contributed by atoms with Crippen LogP contribution in [0.2, 0.25) is 0 Å². The van der Waals surface area contributed by atoms with Crippen molar-refractivity contribution in [2.45, 2.75) is 6.92 Å². The van der Waals surface area contributed by atoms with Crippen LogP contribution in [0.3, 0.4) is 0 Å². The molecule has 4 amide bonds. The Morgan fingerprint density at radius 3 is 2.22 bits per heavy atom. The van der Waals surface area contributed by atoms with Crippen LogP contribution < -0.4 is 15.5 Å². The summed E-state index contributed by atoms with van der Waals surface area (Å²) in [6.45, 7) is 0.574. The molecular formula is C25H17F2N3O6. The van der Waals surface area contributed by atoms with Gasteiger partial charge in [0.15, 0.2) is 6.61 Å². The van der Waals surface area contributed by atoms with Gasteiger partial charge in [0, 0.05) is 18.7 Å². The number of amides is 4. The van der Waals surface area contributed by atoms with E-state index in [0.29, 0.717) is 11.8 Å². The fraction of sp³-hybridized carbons (Fsp3) is 0.0800. The molecular weight excluding hydrogens is 476 g/mol. The second-order valence-corrected chi connectivity index (χ2v) is 7.68. The molecule has 0 aliphatic carbocycles. The van der Waals surface area contributed by atoms with Gasteiger partial charge in [-0.3, -0.25) is 19.2 Å². The summed E-state index contributed by atoms with van der Waals surface area (Å²) >= 11 is 0. The van der Waals surface area contributed by atoms with Gasteiger partial charge in [0.1, 0.15) is 11.6 Å². The molecule has 11 heteroatoms. The number of imide groups is 1. The third-order valence-corrected chi connectivity index (χ3v) is 5.11. The fourth-order valence-electron chi connectivity index (χ4n) is 3.49. The van der Waals surface area contributed by atoms with Crippen molar-refractivity contribution in [3.8, 4) is 0 Å². The van der Waals surface area contributed by atoms with Crippen LogP contribution in [-0.2, 0) is 14.3 Å². The van der Waals surface area contributed by atoms with E-state index < -0.39 is 41.9 Å². The molecule has 1 aliphatic heterocycles. The largest absolute Gasteiger partial charge is 0.452 e. The van der Waals surface area contributed by atoms with Crippen LogP contribution in [0.5, 0.6) is 0 Å². The number of carbonyl (C=O) groups is 5. The Kier molecular flexibility index (Phi) is 6.55. The number of anilines is 3. The number of carbonyl (C=O) groups excluding carboxylic acids is 5. The molecule has 0 saturated heterocycles. The Balaban J connectivity index is 1.43. The molecule has 0 fully saturated rings. The number of fused-ring (bicyclic) bond motifs is 1. The molecule has 0 bridgehead atoms. The second-order valence-electron chi connectivity index (χ2n) is 7.68. The minimum Gasteiger partial charge on any atom is -0.452 e. The van der Waals surface area contributed by atoms with Gasteiger partial charge in [-0.1, -0.05) is 0 Å². The highest BCUT2D eigenvalue weighted by Crippen LogP contribution is 2.30. The van der Waals surface area contributed by atoms with E-state index in [9.17, 15) is 32.8 Å². The van der Waals surface area contributed by atoms with Gasteiger partial charge in [0.2, 0.25) is 5.91 Å². The fourth-order valence-corrected chi connectivity index (χ4v) is 3.49.